The number of nitrogens with zero attached hydrogens (tertiary/aromatic N) is 3. The molecule has 0 aliphatic rings. The second-order valence-electron chi connectivity index (χ2n) is 3.79. The van der Waals surface area contributed by atoms with E-state index in [0.29, 0.717) is 0 Å². The zero-order valence-electron chi connectivity index (χ0n) is 10.7. The molecule has 106 valence electrons. The Morgan fingerprint density at radius 2 is 1.85 bits per heavy atom. The summed E-state index contributed by atoms with van der Waals surface area (Å²) in [5.41, 5.74) is -0.633. The third-order valence-corrected chi connectivity index (χ3v) is 2.51. The highest BCUT2D eigenvalue weighted by Crippen LogP contribution is 2.34. The molecule has 2 rings (SSSR count). The number of nitrogens with one attached hydrogen (secondary N) is 1. The van der Waals surface area contributed by atoms with Gasteiger partial charge in [-0.05, 0) is 12.1 Å². The fourth-order valence-electron chi connectivity index (χ4n) is 1.59. The van der Waals surface area contributed by atoms with Gasteiger partial charge in [0.15, 0.2) is 5.69 Å². The van der Waals surface area contributed by atoms with Gasteiger partial charge in [-0.3, -0.25) is 0 Å². The van der Waals surface area contributed by atoms with Crippen LogP contribution in [0.3, 0.4) is 0 Å². The summed E-state index contributed by atoms with van der Waals surface area (Å²) in [7, 11) is 2.85. The molecule has 0 saturated heterocycles. The van der Waals surface area contributed by atoms with Crippen LogP contribution in [0.4, 0.5) is 19.0 Å². The van der Waals surface area contributed by atoms with Crippen LogP contribution >= 0.6 is 0 Å². The number of hydrogen-bond acceptors (Lipinski definition) is 5. The molecule has 1 N–H and O–H groups in total. The molecule has 0 aliphatic carbocycles. The van der Waals surface area contributed by atoms with Crippen molar-refractivity contribution in [1.82, 2.24) is 15.0 Å². The molecule has 0 amide bonds. The molecule has 0 aromatic carbocycles. The van der Waals surface area contributed by atoms with Crippen molar-refractivity contribution in [3.05, 3.63) is 30.1 Å². The van der Waals surface area contributed by atoms with Gasteiger partial charge in [0.2, 0.25) is 5.88 Å². The average molecular weight is 284 g/mol. The van der Waals surface area contributed by atoms with E-state index in [1.807, 2.05) is 0 Å². The van der Waals surface area contributed by atoms with Crippen LogP contribution in [0, 0.1) is 0 Å². The molecule has 0 fully saturated rings. The van der Waals surface area contributed by atoms with E-state index in [9.17, 15) is 13.2 Å². The topological polar surface area (TPSA) is 59.9 Å². The highest BCUT2D eigenvalue weighted by atomic mass is 19.4. The molecule has 8 heteroatoms. The number of hydrogen-bond donors (Lipinski definition) is 1. The summed E-state index contributed by atoms with van der Waals surface area (Å²) in [6, 6.07) is 1.83. The molecule has 0 atom stereocenters. The quantitative estimate of drug-likeness (QED) is 0.938. The first-order valence-electron chi connectivity index (χ1n) is 5.58. The van der Waals surface area contributed by atoms with E-state index in [1.165, 1.54) is 26.6 Å². The maximum absolute atomic E-state index is 12.9. The second-order valence-corrected chi connectivity index (χ2v) is 3.79. The SMILES string of the molecule is CNc1cc(C(F)(F)F)cc(-c2nccnc2OC)n1. The van der Waals surface area contributed by atoms with Gasteiger partial charge >= 0.3 is 6.18 Å². The molecule has 5 nitrogen and oxygen atoms in total. The normalized spacial score (nSPS) is 11.2. The molecule has 2 heterocycles. The number of aromatic nitrogens is 3. The largest absolute Gasteiger partial charge is 0.479 e. The summed E-state index contributed by atoms with van der Waals surface area (Å²) >= 11 is 0. The van der Waals surface area contributed by atoms with Crippen LogP contribution in [0.25, 0.3) is 11.4 Å². The Hall–Kier alpha value is -2.38. The van der Waals surface area contributed by atoms with Gasteiger partial charge in [0, 0.05) is 19.4 Å². The third-order valence-electron chi connectivity index (χ3n) is 2.51. The first-order chi connectivity index (χ1) is 9.45. The molecule has 0 unspecified atom stereocenters. The smallest absolute Gasteiger partial charge is 0.416 e. The maximum atomic E-state index is 12.9. The number of ether oxygens (including phenoxy) is 1. The lowest BCUT2D eigenvalue weighted by Gasteiger charge is -2.12. The van der Waals surface area contributed by atoms with Gasteiger partial charge in [0.1, 0.15) is 5.82 Å². The maximum Gasteiger partial charge on any atom is 0.416 e. The van der Waals surface area contributed by atoms with Gasteiger partial charge in [-0.2, -0.15) is 13.2 Å². The molecule has 2 aromatic rings. The molecule has 2 aromatic heterocycles. The van der Waals surface area contributed by atoms with Gasteiger partial charge in [0.25, 0.3) is 0 Å². The van der Waals surface area contributed by atoms with Gasteiger partial charge in [0.05, 0.1) is 18.4 Å². The van der Waals surface area contributed by atoms with Crippen molar-refractivity contribution in [2.75, 3.05) is 19.5 Å². The Morgan fingerprint density at radius 3 is 2.45 bits per heavy atom. The lowest BCUT2D eigenvalue weighted by Crippen LogP contribution is -2.08. The lowest BCUT2D eigenvalue weighted by atomic mass is 10.1. The molecule has 0 saturated carbocycles. The van der Waals surface area contributed by atoms with E-state index in [4.69, 9.17) is 4.74 Å². The molecular formula is C12H11F3N4O. The van der Waals surface area contributed by atoms with E-state index in [2.05, 4.69) is 20.3 Å². The minimum absolute atomic E-state index is 0.0362. The van der Waals surface area contributed by atoms with E-state index in [-0.39, 0.29) is 23.1 Å². The first kappa shape index (κ1) is 14.0. The summed E-state index contributed by atoms with van der Waals surface area (Å²) < 4.78 is 43.6. The molecule has 0 aliphatic heterocycles. The van der Waals surface area contributed by atoms with Crippen molar-refractivity contribution in [3.8, 4) is 17.3 Å². The number of halogens is 3. The van der Waals surface area contributed by atoms with Crippen molar-refractivity contribution in [2.45, 2.75) is 6.18 Å². The van der Waals surface area contributed by atoms with Gasteiger partial charge in [-0.15, -0.1) is 0 Å². The minimum atomic E-state index is -4.47. The Morgan fingerprint density at radius 1 is 1.15 bits per heavy atom. The van der Waals surface area contributed by atoms with E-state index in [1.54, 1.807) is 0 Å². The van der Waals surface area contributed by atoms with Gasteiger partial charge in [-0.1, -0.05) is 0 Å². The first-order valence-corrected chi connectivity index (χ1v) is 5.58. The fourth-order valence-corrected chi connectivity index (χ4v) is 1.59. The van der Waals surface area contributed by atoms with Crippen molar-refractivity contribution >= 4 is 5.82 Å². The van der Waals surface area contributed by atoms with Gasteiger partial charge < -0.3 is 10.1 Å². The zero-order chi connectivity index (χ0) is 14.8. The lowest BCUT2D eigenvalue weighted by molar-refractivity contribution is -0.137. The van der Waals surface area contributed by atoms with E-state index >= 15 is 0 Å². The summed E-state index contributed by atoms with van der Waals surface area (Å²) in [6.07, 6.45) is -1.73. The Kier molecular flexibility index (Phi) is 3.73. The number of alkyl halides is 3. The number of methoxy groups -OCH3 is 1. The summed E-state index contributed by atoms with van der Waals surface area (Å²) in [4.78, 5) is 11.9. The number of pyridine rings is 1. The van der Waals surface area contributed by atoms with Gasteiger partial charge in [-0.25, -0.2) is 15.0 Å². The molecule has 0 radical (unpaired) electrons. The van der Waals surface area contributed by atoms with Crippen LogP contribution in [-0.4, -0.2) is 29.1 Å². The predicted octanol–water partition coefficient (Wildman–Crippen LogP) is 2.61. The highest BCUT2D eigenvalue weighted by molar-refractivity contribution is 5.63. The van der Waals surface area contributed by atoms with Crippen LogP contribution < -0.4 is 10.1 Å². The van der Waals surface area contributed by atoms with Crippen molar-refractivity contribution in [2.24, 2.45) is 0 Å². The highest BCUT2D eigenvalue weighted by Gasteiger charge is 2.32. The van der Waals surface area contributed by atoms with Crippen LogP contribution in [0.5, 0.6) is 5.88 Å². The van der Waals surface area contributed by atoms with E-state index < -0.39 is 11.7 Å². The zero-order valence-corrected chi connectivity index (χ0v) is 10.7. The Labute approximate surface area is 112 Å². The van der Waals surface area contributed by atoms with Crippen molar-refractivity contribution in [3.63, 3.8) is 0 Å². The third kappa shape index (κ3) is 2.79. The molecule has 0 bridgehead atoms. The average Bonchev–Trinajstić information content (AvgIpc) is 2.45. The monoisotopic (exact) mass is 284 g/mol. The second kappa shape index (κ2) is 5.32. The van der Waals surface area contributed by atoms with Crippen molar-refractivity contribution in [1.29, 1.82) is 0 Å². The number of anilines is 1. The molecular weight excluding hydrogens is 273 g/mol. The summed E-state index contributed by atoms with van der Waals surface area (Å²) in [5, 5.41) is 2.59. The molecule has 0 spiro atoms. The van der Waals surface area contributed by atoms with Crippen LogP contribution in [-0.2, 0) is 6.18 Å². The Bertz CT molecular complexity index is 616. The predicted molar refractivity (Wildman–Crippen MR) is 66.4 cm³/mol. The van der Waals surface area contributed by atoms with Crippen LogP contribution in [0.2, 0.25) is 0 Å². The summed E-state index contributed by atoms with van der Waals surface area (Å²) in [5.74, 6) is 0.198. The van der Waals surface area contributed by atoms with Crippen LogP contribution in [0.1, 0.15) is 5.56 Å². The number of rotatable bonds is 3. The minimum Gasteiger partial charge on any atom is -0.479 e. The van der Waals surface area contributed by atoms with Crippen molar-refractivity contribution < 1.29 is 17.9 Å². The van der Waals surface area contributed by atoms with E-state index in [0.717, 1.165) is 12.1 Å². The fraction of sp³-hybridized carbons (Fsp3) is 0.250. The Balaban J connectivity index is 2.62. The standard InChI is InChI=1S/C12H11F3N4O/c1-16-9-6-7(12(13,14)15)5-8(19-9)10-11(20-2)18-4-3-17-10/h3-6H,1-2H3,(H,16,19). The molecule has 20 heavy (non-hydrogen) atoms. The van der Waals surface area contributed by atoms with Crippen LogP contribution in [0.15, 0.2) is 24.5 Å². The summed E-state index contributed by atoms with van der Waals surface area (Å²) in [6.45, 7) is 0.